The predicted molar refractivity (Wildman–Crippen MR) is 110 cm³/mol. The maximum absolute atomic E-state index is 12.5. The Morgan fingerprint density at radius 3 is 2.39 bits per heavy atom. The zero-order valence-electron chi connectivity index (χ0n) is 16.1. The van der Waals surface area contributed by atoms with Crippen LogP contribution in [0.2, 0.25) is 0 Å². The zero-order valence-corrected chi connectivity index (χ0v) is 16.1. The fourth-order valence-electron chi connectivity index (χ4n) is 2.86. The molecule has 0 aliphatic rings. The summed E-state index contributed by atoms with van der Waals surface area (Å²) >= 11 is 0. The van der Waals surface area contributed by atoms with Gasteiger partial charge in [0.1, 0.15) is 0 Å². The molecule has 0 unspecified atom stereocenters. The van der Waals surface area contributed by atoms with Gasteiger partial charge in [-0.25, -0.2) is 0 Å². The van der Waals surface area contributed by atoms with Crippen LogP contribution in [0.5, 0.6) is 0 Å². The Kier molecular flexibility index (Phi) is 9.18. The van der Waals surface area contributed by atoms with Crippen LogP contribution >= 0.6 is 0 Å². The van der Waals surface area contributed by atoms with Gasteiger partial charge in [0, 0.05) is 25.6 Å². The van der Waals surface area contributed by atoms with Crippen LogP contribution in [-0.4, -0.2) is 30.4 Å². The number of primary amides is 1. The van der Waals surface area contributed by atoms with E-state index >= 15 is 0 Å². The minimum Gasteiger partial charge on any atom is -0.370 e. The van der Waals surface area contributed by atoms with Gasteiger partial charge in [0.2, 0.25) is 11.8 Å². The molecule has 1 radical (unpaired) electrons. The monoisotopic (exact) mass is 381 g/mol. The summed E-state index contributed by atoms with van der Waals surface area (Å²) in [7, 11) is 0. The molecule has 2 atom stereocenters. The second-order valence-electron chi connectivity index (χ2n) is 6.88. The van der Waals surface area contributed by atoms with Crippen molar-refractivity contribution in [2.45, 2.75) is 44.3 Å². The molecule has 0 saturated carbocycles. The average Bonchev–Trinajstić information content (AvgIpc) is 2.72. The second-order valence-corrected chi connectivity index (χ2v) is 6.88. The summed E-state index contributed by atoms with van der Waals surface area (Å²) in [5, 5.41) is 6.09. The lowest BCUT2D eigenvalue weighted by Crippen LogP contribution is -2.48. The van der Waals surface area contributed by atoms with Crippen LogP contribution < -0.4 is 22.1 Å². The largest absolute Gasteiger partial charge is 0.370 e. The Morgan fingerprint density at radius 1 is 1.00 bits per heavy atom. The van der Waals surface area contributed by atoms with Crippen LogP contribution in [-0.2, 0) is 22.6 Å². The number of amides is 2. The Labute approximate surface area is 166 Å². The molecule has 6 heteroatoms. The smallest absolute Gasteiger partial charge is 0.237 e. The van der Waals surface area contributed by atoms with Crippen molar-refractivity contribution in [1.82, 2.24) is 10.6 Å². The first kappa shape index (κ1) is 21.6. The van der Waals surface area contributed by atoms with Crippen molar-refractivity contribution in [3.63, 3.8) is 0 Å². The van der Waals surface area contributed by atoms with Crippen molar-refractivity contribution < 1.29 is 9.59 Å². The topological polar surface area (TPSA) is 110 Å². The predicted octanol–water partition coefficient (Wildman–Crippen LogP) is 1.29. The van der Waals surface area contributed by atoms with Crippen LogP contribution in [0, 0.1) is 6.07 Å². The first-order valence-corrected chi connectivity index (χ1v) is 9.58. The van der Waals surface area contributed by atoms with Gasteiger partial charge in [-0.1, -0.05) is 54.6 Å². The quantitative estimate of drug-likeness (QED) is 0.444. The number of nitrogens with two attached hydrogens (primary N) is 2. The van der Waals surface area contributed by atoms with E-state index in [-0.39, 0.29) is 18.4 Å². The summed E-state index contributed by atoms with van der Waals surface area (Å²) in [6.07, 6.45) is 2.17. The Bertz CT molecular complexity index is 722. The second kappa shape index (κ2) is 11.9. The van der Waals surface area contributed by atoms with Gasteiger partial charge in [-0.15, -0.1) is 0 Å². The highest BCUT2D eigenvalue weighted by atomic mass is 16.2. The lowest BCUT2D eigenvalue weighted by molar-refractivity contribution is -0.123. The number of nitrogens with one attached hydrogen (secondary N) is 2. The van der Waals surface area contributed by atoms with Crippen LogP contribution in [0.1, 0.15) is 30.4 Å². The maximum atomic E-state index is 12.5. The normalized spacial score (nSPS) is 12.9. The van der Waals surface area contributed by atoms with E-state index in [1.165, 1.54) is 5.56 Å². The first-order chi connectivity index (χ1) is 13.5. The van der Waals surface area contributed by atoms with E-state index in [2.05, 4.69) is 28.8 Å². The fraction of sp³-hybridized carbons (Fsp3) is 0.364. The number of carbonyl (C=O) groups is 2. The van der Waals surface area contributed by atoms with Crippen molar-refractivity contribution in [2.75, 3.05) is 6.54 Å². The van der Waals surface area contributed by atoms with Gasteiger partial charge in [0.15, 0.2) is 0 Å². The van der Waals surface area contributed by atoms with E-state index in [9.17, 15) is 9.59 Å². The molecule has 2 aromatic carbocycles. The molecule has 0 heterocycles. The Balaban J connectivity index is 1.81. The molecule has 0 aliphatic heterocycles. The van der Waals surface area contributed by atoms with Crippen LogP contribution in [0.15, 0.2) is 54.6 Å². The third-order valence-corrected chi connectivity index (χ3v) is 4.52. The van der Waals surface area contributed by atoms with Crippen molar-refractivity contribution in [1.29, 1.82) is 0 Å². The van der Waals surface area contributed by atoms with Gasteiger partial charge >= 0.3 is 0 Å². The van der Waals surface area contributed by atoms with Crippen molar-refractivity contribution in [3.8, 4) is 0 Å². The fourth-order valence-corrected chi connectivity index (χ4v) is 2.86. The lowest BCUT2D eigenvalue weighted by Gasteiger charge is -2.20. The van der Waals surface area contributed by atoms with E-state index in [0.29, 0.717) is 19.5 Å². The van der Waals surface area contributed by atoms with Gasteiger partial charge in [-0.05, 0) is 36.5 Å². The third-order valence-electron chi connectivity index (χ3n) is 4.52. The Morgan fingerprint density at radius 2 is 1.71 bits per heavy atom. The van der Waals surface area contributed by atoms with E-state index < -0.39 is 11.9 Å². The highest BCUT2D eigenvalue weighted by molar-refractivity contribution is 5.82. The van der Waals surface area contributed by atoms with Crippen LogP contribution in [0.4, 0.5) is 0 Å². The number of hydrogen-bond acceptors (Lipinski definition) is 4. The minimum absolute atomic E-state index is 0.0891. The van der Waals surface area contributed by atoms with Crippen LogP contribution in [0.3, 0.4) is 0 Å². The molecule has 2 amide bonds. The maximum Gasteiger partial charge on any atom is 0.237 e. The molecular formula is C22H29N4O2. The molecule has 2 rings (SSSR count). The number of rotatable bonds is 12. The summed E-state index contributed by atoms with van der Waals surface area (Å²) in [4.78, 5) is 23.7. The molecule has 0 aliphatic carbocycles. The summed E-state index contributed by atoms with van der Waals surface area (Å²) in [5.41, 5.74) is 13.7. The summed E-state index contributed by atoms with van der Waals surface area (Å²) in [6, 6.07) is 19.9. The highest BCUT2D eigenvalue weighted by Gasteiger charge is 2.19. The SMILES string of the molecule is NC(=O)CC[C@H](NC[C@H](N)CCc1ccccc1)C(=O)NCc1cc[c]cc1. The number of aryl methyl sites for hydroxylation is 1. The summed E-state index contributed by atoms with van der Waals surface area (Å²) in [6.45, 7) is 0.909. The van der Waals surface area contributed by atoms with Gasteiger partial charge in [-0.3, -0.25) is 9.59 Å². The molecule has 0 bridgehead atoms. The van der Waals surface area contributed by atoms with Gasteiger partial charge in [0.25, 0.3) is 0 Å². The van der Waals surface area contributed by atoms with Crippen LogP contribution in [0.25, 0.3) is 0 Å². The van der Waals surface area contributed by atoms with E-state index in [1.54, 1.807) is 12.1 Å². The van der Waals surface area contributed by atoms with Gasteiger partial charge < -0.3 is 22.1 Å². The van der Waals surface area contributed by atoms with Gasteiger partial charge in [-0.2, -0.15) is 0 Å². The number of benzene rings is 2. The third kappa shape index (κ3) is 8.33. The van der Waals surface area contributed by atoms with Crippen molar-refractivity contribution in [3.05, 3.63) is 71.8 Å². The molecule has 6 N–H and O–H groups in total. The average molecular weight is 382 g/mol. The van der Waals surface area contributed by atoms with Crippen molar-refractivity contribution in [2.24, 2.45) is 11.5 Å². The summed E-state index contributed by atoms with van der Waals surface area (Å²) < 4.78 is 0. The first-order valence-electron chi connectivity index (χ1n) is 9.58. The summed E-state index contributed by atoms with van der Waals surface area (Å²) in [5.74, 6) is -0.587. The molecule has 0 saturated heterocycles. The standard InChI is InChI=1S/C22H29N4O2/c23-19(12-11-17-7-3-1-4-8-17)16-25-20(13-14-21(24)27)22(28)26-15-18-9-5-2-6-10-18/h1,3-10,19-20,25H,11-16,23H2,(H2,24,27)(H,26,28)/t19-,20+/m1/s1. The molecule has 6 nitrogen and oxygen atoms in total. The van der Waals surface area contributed by atoms with Crippen molar-refractivity contribution >= 4 is 11.8 Å². The molecule has 0 spiro atoms. The lowest BCUT2D eigenvalue weighted by atomic mass is 10.0. The molecule has 2 aromatic rings. The minimum atomic E-state index is -0.509. The van der Waals surface area contributed by atoms with Gasteiger partial charge in [0.05, 0.1) is 6.04 Å². The van der Waals surface area contributed by atoms with E-state index in [0.717, 1.165) is 18.4 Å². The number of hydrogen-bond donors (Lipinski definition) is 4. The van der Waals surface area contributed by atoms with E-state index in [1.807, 2.05) is 30.3 Å². The van der Waals surface area contributed by atoms with E-state index in [4.69, 9.17) is 11.5 Å². The number of carbonyl (C=O) groups excluding carboxylic acids is 2. The highest BCUT2D eigenvalue weighted by Crippen LogP contribution is 2.05. The molecule has 149 valence electrons. The zero-order chi connectivity index (χ0) is 20.2. The Hall–Kier alpha value is -2.70. The molecular weight excluding hydrogens is 352 g/mol. The molecule has 0 aromatic heterocycles. The molecule has 28 heavy (non-hydrogen) atoms. The molecule has 0 fully saturated rings.